The number of rotatable bonds is 1. The zero-order chi connectivity index (χ0) is 6.69. The van der Waals surface area contributed by atoms with Crippen molar-refractivity contribution >= 4 is 22.7 Å². The third kappa shape index (κ3) is 1.85. The number of hydrogen-bond donors (Lipinski definition) is 0. The number of hydrogen-bond acceptors (Lipinski definition) is 1. The molecule has 1 rings (SSSR count). The Morgan fingerprint density at radius 1 is 1.22 bits per heavy atom. The maximum atomic E-state index is 12.2. The van der Waals surface area contributed by atoms with Crippen LogP contribution in [0.4, 0.5) is 4.39 Å². The first-order chi connectivity index (χ1) is 4.33. The second-order valence-corrected chi connectivity index (χ2v) is 2.07. The molecule has 0 spiro atoms. The fourth-order valence-electron chi connectivity index (χ4n) is 0.495. The van der Waals surface area contributed by atoms with E-state index in [0.29, 0.717) is 5.75 Å². The predicted octanol–water partition coefficient (Wildman–Crippen LogP) is 1.02. The van der Waals surface area contributed by atoms with E-state index in [-0.39, 0.29) is 5.82 Å². The van der Waals surface area contributed by atoms with Crippen molar-refractivity contribution in [1.29, 1.82) is 0 Å². The molecule has 0 saturated heterocycles. The van der Waals surface area contributed by atoms with E-state index in [1.165, 1.54) is 34.8 Å². The van der Waals surface area contributed by atoms with Gasteiger partial charge in [0, 0.05) is 0 Å². The molecule has 9 heavy (non-hydrogen) atoms. The Morgan fingerprint density at radius 3 is 2.22 bits per heavy atom. The van der Waals surface area contributed by atoms with Crippen molar-refractivity contribution < 1.29 is 7.49 Å². The van der Waals surface area contributed by atoms with E-state index in [4.69, 9.17) is 3.10 Å². The second-order valence-electron chi connectivity index (χ2n) is 1.55. The first-order valence-corrected chi connectivity index (χ1v) is 3.44. The van der Waals surface area contributed by atoms with Gasteiger partial charge in [-0.15, -0.1) is 0 Å². The van der Waals surface area contributed by atoms with Gasteiger partial charge < -0.3 is 0 Å². The molecular weight excluding hydrogens is 235 g/mol. The van der Waals surface area contributed by atoms with Crippen molar-refractivity contribution in [2.45, 2.75) is 0 Å². The van der Waals surface area contributed by atoms with Gasteiger partial charge in [0.15, 0.2) is 0 Å². The molecule has 0 N–H and O–H groups in total. The van der Waals surface area contributed by atoms with Gasteiger partial charge in [-0.25, -0.2) is 0 Å². The summed E-state index contributed by atoms with van der Waals surface area (Å²) in [5.74, 6) is 0.465. The van der Waals surface area contributed by atoms with Crippen LogP contribution in [0.25, 0.3) is 0 Å². The molecule has 0 fully saturated rings. The molecule has 3 heteroatoms. The normalized spacial score (nSPS) is 9.11. The average Bonchev–Trinajstić information content (AvgIpc) is 1.90. The van der Waals surface area contributed by atoms with Crippen LogP contribution in [0.2, 0.25) is 0 Å². The van der Waals surface area contributed by atoms with Crippen LogP contribution >= 0.6 is 0 Å². The first kappa shape index (κ1) is 6.85. The fraction of sp³-hybridized carbons (Fsp3) is 0. The molecule has 0 aliphatic carbocycles. The average molecular weight is 240 g/mol. The Kier molecular flexibility index (Phi) is 2.32. The Morgan fingerprint density at radius 2 is 1.78 bits per heavy atom. The molecule has 0 heterocycles. The van der Waals surface area contributed by atoms with Crippen molar-refractivity contribution in [3.8, 4) is 5.75 Å². The van der Waals surface area contributed by atoms with Crippen LogP contribution in [0.3, 0.4) is 0 Å². The van der Waals surface area contributed by atoms with Crippen LogP contribution in [0.1, 0.15) is 0 Å². The molecule has 0 radical (unpaired) electrons. The van der Waals surface area contributed by atoms with Crippen LogP contribution in [-0.4, -0.2) is 22.7 Å². The molecule has 48 valence electrons. The van der Waals surface area contributed by atoms with Crippen molar-refractivity contribution in [2.75, 3.05) is 0 Å². The summed E-state index contributed by atoms with van der Waals surface area (Å²) in [6.45, 7) is 0. The molecule has 0 aliphatic heterocycles. The van der Waals surface area contributed by atoms with E-state index in [1.54, 1.807) is 12.1 Å². The summed E-state index contributed by atoms with van der Waals surface area (Å²) >= 11 is 1.23. The molecule has 1 aromatic rings. The van der Waals surface area contributed by atoms with Crippen molar-refractivity contribution in [2.24, 2.45) is 0 Å². The summed E-state index contributed by atoms with van der Waals surface area (Å²) < 4.78 is 17.0. The van der Waals surface area contributed by atoms with Crippen LogP contribution in [-0.2, 0) is 0 Å². The van der Waals surface area contributed by atoms with Crippen molar-refractivity contribution in [1.82, 2.24) is 0 Å². The van der Waals surface area contributed by atoms with Gasteiger partial charge in [0.1, 0.15) is 0 Å². The Bertz CT molecular complexity index is 185. The van der Waals surface area contributed by atoms with Gasteiger partial charge in [0.25, 0.3) is 0 Å². The Balaban J connectivity index is 2.88. The standard InChI is InChI=1S/C6H5FOTe/c7-5-1-3-6(8-9)4-2-5/h1-4,9H. The minimum atomic E-state index is -0.234. The molecule has 0 aliphatic rings. The first-order valence-electron chi connectivity index (χ1n) is 2.40. The molecule has 1 aromatic carbocycles. The molecule has 0 bridgehead atoms. The summed E-state index contributed by atoms with van der Waals surface area (Å²) in [6, 6.07) is 5.92. The topological polar surface area (TPSA) is 9.23 Å². The van der Waals surface area contributed by atoms with E-state index >= 15 is 0 Å². The van der Waals surface area contributed by atoms with E-state index in [9.17, 15) is 4.39 Å². The number of halogens is 1. The van der Waals surface area contributed by atoms with E-state index in [0.717, 1.165) is 0 Å². The van der Waals surface area contributed by atoms with Crippen LogP contribution < -0.4 is 3.10 Å². The molecule has 1 nitrogen and oxygen atoms in total. The second kappa shape index (κ2) is 3.05. The van der Waals surface area contributed by atoms with Gasteiger partial charge in [-0.2, -0.15) is 0 Å². The van der Waals surface area contributed by atoms with E-state index in [2.05, 4.69) is 0 Å². The van der Waals surface area contributed by atoms with Crippen LogP contribution in [0.5, 0.6) is 5.75 Å². The Hall–Kier alpha value is -0.260. The monoisotopic (exact) mass is 242 g/mol. The Labute approximate surface area is 66.3 Å². The molecular formula is C6H5FOTe. The van der Waals surface area contributed by atoms with E-state index in [1.807, 2.05) is 0 Å². The van der Waals surface area contributed by atoms with Crippen LogP contribution in [0.15, 0.2) is 24.3 Å². The predicted molar refractivity (Wildman–Crippen MR) is 34.2 cm³/mol. The summed E-state index contributed by atoms with van der Waals surface area (Å²) in [6.07, 6.45) is 0. The molecule has 0 aromatic heterocycles. The van der Waals surface area contributed by atoms with Gasteiger partial charge in [-0.1, -0.05) is 0 Å². The molecule has 0 unspecified atom stereocenters. The van der Waals surface area contributed by atoms with Crippen LogP contribution in [0, 0.1) is 5.82 Å². The summed E-state index contributed by atoms with van der Waals surface area (Å²) in [5, 5.41) is 0. The van der Waals surface area contributed by atoms with Crippen molar-refractivity contribution in [3.63, 3.8) is 0 Å². The SMILES string of the molecule is Fc1ccc(O[TeH])cc1. The fourth-order valence-corrected chi connectivity index (χ4v) is 0.843. The van der Waals surface area contributed by atoms with Gasteiger partial charge in [0.05, 0.1) is 0 Å². The molecule has 0 amide bonds. The zero-order valence-corrected chi connectivity index (χ0v) is 7.10. The van der Waals surface area contributed by atoms with Gasteiger partial charge in [-0.05, 0) is 0 Å². The zero-order valence-electron chi connectivity index (χ0n) is 4.54. The van der Waals surface area contributed by atoms with E-state index < -0.39 is 0 Å². The summed E-state index contributed by atoms with van der Waals surface area (Å²) in [7, 11) is 0. The number of benzene rings is 1. The third-order valence-corrected chi connectivity index (χ3v) is 1.52. The maximum absolute atomic E-state index is 12.2. The third-order valence-electron chi connectivity index (χ3n) is 0.919. The van der Waals surface area contributed by atoms with Crippen molar-refractivity contribution in [3.05, 3.63) is 30.1 Å². The quantitative estimate of drug-likeness (QED) is 0.665. The molecule has 0 saturated carbocycles. The van der Waals surface area contributed by atoms with Gasteiger partial charge in [-0.3, -0.25) is 0 Å². The summed E-state index contributed by atoms with van der Waals surface area (Å²) in [4.78, 5) is 0. The van der Waals surface area contributed by atoms with Gasteiger partial charge >= 0.3 is 66.0 Å². The molecule has 0 atom stereocenters. The minimum absolute atomic E-state index is 0.234. The summed E-state index contributed by atoms with van der Waals surface area (Å²) in [5.41, 5.74) is 0. The van der Waals surface area contributed by atoms with Gasteiger partial charge in [0.2, 0.25) is 0 Å².